The second-order valence-corrected chi connectivity index (χ2v) is 9.45. The molecule has 1 aromatic rings. The molecule has 1 fully saturated rings. The van der Waals surface area contributed by atoms with Gasteiger partial charge in [-0.2, -0.15) is 17.5 Å². The first kappa shape index (κ1) is 25.4. The highest BCUT2D eigenvalue weighted by molar-refractivity contribution is 14.0. The lowest BCUT2D eigenvalue weighted by Gasteiger charge is -2.31. The molecule has 2 heterocycles. The molecule has 1 aliphatic heterocycles. The maximum atomic E-state index is 12.6. The van der Waals surface area contributed by atoms with Crippen molar-refractivity contribution in [3.8, 4) is 0 Å². The van der Waals surface area contributed by atoms with Crippen LogP contribution in [0.25, 0.3) is 0 Å². The molecule has 2 N–H and O–H groups in total. The second-order valence-electron chi connectivity index (χ2n) is 6.54. The molecule has 0 saturated carbocycles. The fourth-order valence-electron chi connectivity index (χ4n) is 2.88. The Morgan fingerprint density at radius 3 is 2.50 bits per heavy atom. The maximum Gasteiger partial charge on any atom is 0.511 e. The summed E-state index contributed by atoms with van der Waals surface area (Å²) in [4.78, 5) is 5.43. The molecule has 1 aromatic heterocycles. The number of hydrogen-bond acceptors (Lipinski definition) is 4. The summed E-state index contributed by atoms with van der Waals surface area (Å²) in [6.45, 7) is 3.13. The van der Waals surface area contributed by atoms with Crippen molar-refractivity contribution < 1.29 is 21.6 Å². The van der Waals surface area contributed by atoms with Crippen LogP contribution in [0, 0.1) is 5.92 Å². The number of aliphatic imine (C=N–C) groups is 1. The number of sulfonamides is 1. The van der Waals surface area contributed by atoms with Crippen molar-refractivity contribution in [3.05, 3.63) is 22.4 Å². The number of rotatable bonds is 6. The minimum Gasteiger partial charge on any atom is -0.356 e. The zero-order chi connectivity index (χ0) is 20.1. The van der Waals surface area contributed by atoms with Crippen molar-refractivity contribution in [1.29, 1.82) is 0 Å². The first-order valence-corrected chi connectivity index (χ1v) is 11.0. The molecule has 1 saturated heterocycles. The number of nitrogens with one attached hydrogen (secondary N) is 2. The molecule has 6 nitrogen and oxygen atoms in total. The van der Waals surface area contributed by atoms with Crippen LogP contribution in [-0.4, -0.2) is 57.4 Å². The van der Waals surface area contributed by atoms with E-state index >= 15 is 0 Å². The Morgan fingerprint density at radius 1 is 1.36 bits per heavy atom. The molecule has 0 bridgehead atoms. The first-order chi connectivity index (χ1) is 12.6. The van der Waals surface area contributed by atoms with E-state index in [4.69, 9.17) is 0 Å². The van der Waals surface area contributed by atoms with Gasteiger partial charge in [0.2, 0.25) is 0 Å². The topological polar surface area (TPSA) is 73.8 Å². The van der Waals surface area contributed by atoms with E-state index in [0.717, 1.165) is 0 Å². The smallest absolute Gasteiger partial charge is 0.356 e. The number of thiophene rings is 1. The zero-order valence-corrected chi connectivity index (χ0v) is 19.7. The lowest BCUT2D eigenvalue weighted by Crippen LogP contribution is -2.47. The lowest BCUT2D eigenvalue weighted by atomic mass is 9.98. The van der Waals surface area contributed by atoms with Crippen LogP contribution in [0.3, 0.4) is 0 Å². The van der Waals surface area contributed by atoms with E-state index in [0.29, 0.717) is 42.1 Å². The highest BCUT2D eigenvalue weighted by Crippen LogP contribution is 2.30. The Balaban J connectivity index is 0.00000392. The molecule has 162 valence electrons. The van der Waals surface area contributed by atoms with Crippen LogP contribution in [0.15, 0.2) is 22.5 Å². The number of piperidine rings is 1. The Morgan fingerprint density at radius 2 is 2.00 bits per heavy atom. The van der Waals surface area contributed by atoms with Crippen molar-refractivity contribution >= 4 is 51.3 Å². The van der Waals surface area contributed by atoms with E-state index in [1.807, 2.05) is 11.4 Å². The van der Waals surface area contributed by atoms with Crippen LogP contribution < -0.4 is 10.6 Å². The van der Waals surface area contributed by atoms with Gasteiger partial charge >= 0.3 is 15.5 Å². The van der Waals surface area contributed by atoms with Crippen LogP contribution in [-0.2, 0) is 10.0 Å². The lowest BCUT2D eigenvalue weighted by molar-refractivity contribution is -0.0496. The predicted octanol–water partition coefficient (Wildman–Crippen LogP) is 3.20. The van der Waals surface area contributed by atoms with Crippen LogP contribution in [0.1, 0.15) is 30.6 Å². The minimum absolute atomic E-state index is 0. The van der Waals surface area contributed by atoms with Crippen molar-refractivity contribution in [1.82, 2.24) is 14.9 Å². The van der Waals surface area contributed by atoms with Gasteiger partial charge in [-0.1, -0.05) is 13.0 Å². The Labute approximate surface area is 185 Å². The molecule has 2 rings (SSSR count). The number of nitrogens with zero attached hydrogens (tertiary/aromatic N) is 2. The highest BCUT2D eigenvalue weighted by Gasteiger charge is 2.50. The molecule has 1 unspecified atom stereocenters. The summed E-state index contributed by atoms with van der Waals surface area (Å²) in [6, 6.07) is 4.09. The molecule has 0 radical (unpaired) electrons. The molecular formula is C16H26F3IN4O2S2. The van der Waals surface area contributed by atoms with E-state index in [2.05, 4.69) is 28.6 Å². The van der Waals surface area contributed by atoms with Crippen LogP contribution in [0.5, 0.6) is 0 Å². The minimum atomic E-state index is -5.23. The van der Waals surface area contributed by atoms with Gasteiger partial charge in [0.15, 0.2) is 5.96 Å². The van der Waals surface area contributed by atoms with E-state index < -0.39 is 15.5 Å². The molecule has 0 aromatic carbocycles. The average molecular weight is 554 g/mol. The van der Waals surface area contributed by atoms with Gasteiger partial charge in [0.1, 0.15) is 0 Å². The second kappa shape index (κ2) is 11.0. The summed E-state index contributed by atoms with van der Waals surface area (Å²) in [5.74, 6) is 1.06. The van der Waals surface area contributed by atoms with Gasteiger partial charge in [-0.05, 0) is 30.2 Å². The van der Waals surface area contributed by atoms with E-state index in [1.54, 1.807) is 18.4 Å². The van der Waals surface area contributed by atoms with Gasteiger partial charge in [-0.15, -0.1) is 35.3 Å². The Hall–Kier alpha value is -0.600. The van der Waals surface area contributed by atoms with Crippen molar-refractivity contribution in [2.45, 2.75) is 31.2 Å². The highest BCUT2D eigenvalue weighted by atomic mass is 127. The summed E-state index contributed by atoms with van der Waals surface area (Å²) in [7, 11) is -3.56. The monoisotopic (exact) mass is 554 g/mol. The number of guanidine groups is 1. The molecule has 0 amide bonds. The number of hydrogen-bond donors (Lipinski definition) is 2. The van der Waals surface area contributed by atoms with Crippen molar-refractivity contribution in [3.63, 3.8) is 0 Å². The summed E-state index contributed by atoms with van der Waals surface area (Å²) < 4.78 is 61.2. The van der Waals surface area contributed by atoms with Crippen LogP contribution >= 0.6 is 35.3 Å². The van der Waals surface area contributed by atoms with Gasteiger partial charge in [-0.3, -0.25) is 4.99 Å². The molecular weight excluding hydrogens is 528 g/mol. The Kier molecular flexibility index (Phi) is 9.97. The van der Waals surface area contributed by atoms with Crippen LogP contribution in [0.2, 0.25) is 0 Å². The molecule has 1 aliphatic rings. The molecule has 0 spiro atoms. The summed E-state index contributed by atoms with van der Waals surface area (Å²) in [5.41, 5.74) is -5.23. The van der Waals surface area contributed by atoms with Gasteiger partial charge in [0, 0.05) is 44.0 Å². The van der Waals surface area contributed by atoms with Crippen molar-refractivity contribution in [2.75, 3.05) is 33.2 Å². The summed E-state index contributed by atoms with van der Waals surface area (Å²) in [6.07, 6.45) is 0.760. The van der Waals surface area contributed by atoms with Crippen molar-refractivity contribution in [2.24, 2.45) is 10.9 Å². The molecule has 1 atom stereocenters. The van der Waals surface area contributed by atoms with E-state index in [9.17, 15) is 21.6 Å². The van der Waals surface area contributed by atoms with Gasteiger partial charge in [0.05, 0.1) is 0 Å². The first-order valence-electron chi connectivity index (χ1n) is 8.69. The third-order valence-electron chi connectivity index (χ3n) is 4.59. The van der Waals surface area contributed by atoms with Crippen LogP contribution in [0.4, 0.5) is 13.2 Å². The van der Waals surface area contributed by atoms with Gasteiger partial charge < -0.3 is 10.6 Å². The molecule has 12 heteroatoms. The standard InChI is InChI=1S/C16H25F3N4O2S2.HI/c1-12(14-4-3-9-26-14)10-21-15(20-2)22-11-13-5-7-23(8-6-13)27(24,25)16(17,18)19;/h3-4,9,12-13H,5-8,10-11H2,1-2H3,(H2,20,21,22);1H. The molecule has 0 aliphatic carbocycles. The fourth-order valence-corrected chi connectivity index (χ4v) is 4.66. The predicted molar refractivity (Wildman–Crippen MR) is 117 cm³/mol. The molecule has 28 heavy (non-hydrogen) atoms. The zero-order valence-electron chi connectivity index (χ0n) is 15.7. The summed E-state index contributed by atoms with van der Waals surface area (Å²) in [5, 5.41) is 8.45. The van der Waals surface area contributed by atoms with Gasteiger partial charge in [-0.25, -0.2) is 8.42 Å². The summed E-state index contributed by atoms with van der Waals surface area (Å²) >= 11 is 1.70. The number of alkyl halides is 3. The quantitative estimate of drug-likeness (QED) is 0.322. The maximum absolute atomic E-state index is 12.6. The Bertz CT molecular complexity index is 719. The number of halogens is 4. The van der Waals surface area contributed by atoms with E-state index in [1.165, 1.54) is 4.88 Å². The fraction of sp³-hybridized carbons (Fsp3) is 0.688. The largest absolute Gasteiger partial charge is 0.511 e. The third-order valence-corrected chi connectivity index (χ3v) is 7.33. The van der Waals surface area contributed by atoms with Gasteiger partial charge in [0.25, 0.3) is 0 Å². The normalized spacial score (nSPS) is 18.4. The SMILES string of the molecule is CN=C(NCC1CCN(S(=O)(=O)C(F)(F)F)CC1)NCC(C)c1cccs1.I. The third kappa shape index (κ3) is 6.73. The van der Waals surface area contributed by atoms with E-state index in [-0.39, 0.29) is 43.0 Å². The average Bonchev–Trinajstić information content (AvgIpc) is 3.16.